The lowest BCUT2D eigenvalue weighted by molar-refractivity contribution is -0.127. The SMILES string of the molecule is CCOc1cccc(COC(=O)N[C@@](C)(Cc2c[nH]c3ccccc23)C(=O)NCC2(c3ccccn3)CCCCC2)c1. The number of amides is 2. The molecule has 1 saturated carbocycles. The topological polar surface area (TPSA) is 105 Å². The van der Waals surface area contributed by atoms with Crippen molar-refractivity contribution in [2.45, 2.75) is 69.9 Å². The summed E-state index contributed by atoms with van der Waals surface area (Å²) < 4.78 is 11.2. The van der Waals surface area contributed by atoms with Crippen molar-refractivity contribution in [3.05, 3.63) is 95.9 Å². The van der Waals surface area contributed by atoms with E-state index in [0.29, 0.717) is 18.9 Å². The Bertz CT molecular complexity index is 1500. The zero-order valence-electron chi connectivity index (χ0n) is 24.4. The number of carbonyl (C=O) groups is 2. The van der Waals surface area contributed by atoms with Crippen LogP contribution in [0.4, 0.5) is 4.79 Å². The summed E-state index contributed by atoms with van der Waals surface area (Å²) in [5.41, 5.74) is 2.21. The van der Waals surface area contributed by atoms with Crippen LogP contribution in [0.15, 0.2) is 79.1 Å². The van der Waals surface area contributed by atoms with Crippen molar-refractivity contribution < 1.29 is 19.1 Å². The van der Waals surface area contributed by atoms with E-state index in [9.17, 15) is 9.59 Å². The summed E-state index contributed by atoms with van der Waals surface area (Å²) >= 11 is 0. The molecule has 1 fully saturated rings. The average Bonchev–Trinajstić information content (AvgIpc) is 3.42. The van der Waals surface area contributed by atoms with Crippen LogP contribution in [0.1, 0.15) is 62.8 Å². The highest BCUT2D eigenvalue weighted by molar-refractivity contribution is 5.91. The van der Waals surface area contributed by atoms with Crippen molar-refractivity contribution in [3.8, 4) is 5.75 Å². The highest BCUT2D eigenvalue weighted by atomic mass is 16.5. The third kappa shape index (κ3) is 6.75. The maximum absolute atomic E-state index is 14.0. The Hall–Kier alpha value is -4.33. The lowest BCUT2D eigenvalue weighted by atomic mass is 9.71. The van der Waals surface area contributed by atoms with Gasteiger partial charge < -0.3 is 25.1 Å². The lowest BCUT2D eigenvalue weighted by Gasteiger charge is -2.38. The first-order valence-electron chi connectivity index (χ1n) is 14.8. The van der Waals surface area contributed by atoms with Crippen LogP contribution in [0.3, 0.4) is 0 Å². The number of nitrogens with one attached hydrogen (secondary N) is 3. The maximum Gasteiger partial charge on any atom is 0.408 e. The van der Waals surface area contributed by atoms with Crippen molar-refractivity contribution >= 4 is 22.9 Å². The van der Waals surface area contributed by atoms with Crippen LogP contribution in [0.25, 0.3) is 10.9 Å². The molecule has 0 unspecified atom stereocenters. The molecule has 42 heavy (non-hydrogen) atoms. The van der Waals surface area contributed by atoms with Crippen LogP contribution >= 0.6 is 0 Å². The Morgan fingerprint density at radius 2 is 1.83 bits per heavy atom. The van der Waals surface area contributed by atoms with Gasteiger partial charge in [-0.2, -0.15) is 0 Å². The fraction of sp³-hybridized carbons (Fsp3) is 0.382. The molecule has 1 atom stereocenters. The number of fused-ring (bicyclic) bond motifs is 1. The van der Waals surface area contributed by atoms with E-state index in [1.165, 1.54) is 6.42 Å². The normalized spacial score (nSPS) is 15.9. The van der Waals surface area contributed by atoms with Crippen molar-refractivity contribution in [1.82, 2.24) is 20.6 Å². The zero-order chi connectivity index (χ0) is 29.4. The first-order valence-corrected chi connectivity index (χ1v) is 14.8. The number of rotatable bonds is 11. The molecule has 2 aromatic carbocycles. The molecule has 0 radical (unpaired) electrons. The minimum atomic E-state index is -1.27. The van der Waals surface area contributed by atoms with E-state index >= 15 is 0 Å². The molecule has 8 nitrogen and oxygen atoms in total. The van der Waals surface area contributed by atoms with Crippen molar-refractivity contribution in [2.24, 2.45) is 0 Å². The number of benzene rings is 2. The molecular formula is C34H40N4O4. The molecule has 0 bridgehead atoms. The van der Waals surface area contributed by atoms with Crippen LogP contribution in [-0.2, 0) is 28.0 Å². The summed E-state index contributed by atoms with van der Waals surface area (Å²) in [5, 5.41) is 7.14. The van der Waals surface area contributed by atoms with E-state index in [0.717, 1.165) is 53.4 Å². The fourth-order valence-corrected chi connectivity index (χ4v) is 6.02. The Kier molecular flexibility index (Phi) is 9.10. The van der Waals surface area contributed by atoms with Gasteiger partial charge in [0.1, 0.15) is 17.9 Å². The molecular weight excluding hydrogens is 528 g/mol. The van der Waals surface area contributed by atoms with Gasteiger partial charge in [0.15, 0.2) is 0 Å². The number of H-pyrrole nitrogens is 1. The van der Waals surface area contributed by atoms with Gasteiger partial charge in [0, 0.05) is 47.4 Å². The minimum absolute atomic E-state index is 0.0559. The molecule has 0 spiro atoms. The molecule has 4 aromatic rings. The second kappa shape index (κ2) is 13.1. The summed E-state index contributed by atoms with van der Waals surface area (Å²) in [4.78, 5) is 35.2. The van der Waals surface area contributed by atoms with Crippen molar-refractivity contribution in [1.29, 1.82) is 0 Å². The standard InChI is InChI=1S/C34H40N4O4/c1-3-41-27-13-11-12-25(20-27)23-42-32(40)38-33(2,21-26-22-36-29-15-6-5-14-28(26)29)31(39)37-24-34(17-8-4-9-18-34)30-16-7-10-19-35-30/h5-7,10-16,19-20,22,36H,3-4,8-9,17-18,21,23-24H2,1-2H3,(H,37,39)(H,38,40)/t33-/m0/s1. The van der Waals surface area contributed by atoms with Gasteiger partial charge in [-0.3, -0.25) is 9.78 Å². The smallest absolute Gasteiger partial charge is 0.408 e. The first-order chi connectivity index (χ1) is 20.4. The number of ether oxygens (including phenoxy) is 2. The molecule has 8 heteroatoms. The second-order valence-corrected chi connectivity index (χ2v) is 11.4. The monoisotopic (exact) mass is 568 g/mol. The highest BCUT2D eigenvalue weighted by Crippen LogP contribution is 2.38. The minimum Gasteiger partial charge on any atom is -0.494 e. The molecule has 2 heterocycles. The number of nitrogens with zero attached hydrogens (tertiary/aromatic N) is 1. The van der Waals surface area contributed by atoms with E-state index < -0.39 is 11.6 Å². The fourth-order valence-electron chi connectivity index (χ4n) is 6.02. The number of carbonyl (C=O) groups excluding carboxylic acids is 2. The average molecular weight is 569 g/mol. The summed E-state index contributed by atoms with van der Waals surface area (Å²) in [5.74, 6) is 0.455. The van der Waals surface area contributed by atoms with E-state index in [2.05, 4.69) is 26.7 Å². The Morgan fingerprint density at radius 1 is 1.02 bits per heavy atom. The zero-order valence-corrected chi connectivity index (χ0v) is 24.4. The number of alkyl carbamates (subject to hydrolysis) is 1. The van der Waals surface area contributed by atoms with E-state index in [1.54, 1.807) is 6.92 Å². The third-order valence-electron chi connectivity index (χ3n) is 8.28. The van der Waals surface area contributed by atoms with Gasteiger partial charge in [-0.15, -0.1) is 0 Å². The molecule has 5 rings (SSSR count). The van der Waals surface area contributed by atoms with E-state index in [1.807, 2.05) is 80.0 Å². The van der Waals surface area contributed by atoms with Crippen molar-refractivity contribution in [2.75, 3.05) is 13.2 Å². The Balaban J connectivity index is 1.34. The van der Waals surface area contributed by atoms with Gasteiger partial charge in [0.05, 0.1) is 6.61 Å². The lowest BCUT2D eigenvalue weighted by Crippen LogP contribution is -2.59. The Morgan fingerprint density at radius 3 is 2.62 bits per heavy atom. The number of aromatic nitrogens is 2. The summed E-state index contributed by atoms with van der Waals surface area (Å²) in [6.45, 7) is 4.74. The highest BCUT2D eigenvalue weighted by Gasteiger charge is 2.40. The van der Waals surface area contributed by atoms with Gasteiger partial charge in [0.2, 0.25) is 5.91 Å². The number of hydrogen-bond donors (Lipinski definition) is 3. The van der Waals surface area contributed by atoms with Crippen LogP contribution in [-0.4, -0.2) is 40.7 Å². The van der Waals surface area contributed by atoms with E-state index in [4.69, 9.17) is 9.47 Å². The van der Waals surface area contributed by atoms with Gasteiger partial charge in [-0.25, -0.2) is 4.79 Å². The van der Waals surface area contributed by atoms with Gasteiger partial charge >= 0.3 is 6.09 Å². The summed E-state index contributed by atoms with van der Waals surface area (Å²) in [6, 6.07) is 21.3. The molecule has 0 aliphatic heterocycles. The summed E-state index contributed by atoms with van der Waals surface area (Å²) in [6.07, 6.45) is 8.62. The van der Waals surface area contributed by atoms with Crippen LogP contribution < -0.4 is 15.4 Å². The summed E-state index contributed by atoms with van der Waals surface area (Å²) in [7, 11) is 0. The molecule has 1 aliphatic carbocycles. The van der Waals surface area contributed by atoms with Gasteiger partial charge in [0.25, 0.3) is 0 Å². The van der Waals surface area contributed by atoms with E-state index in [-0.39, 0.29) is 24.3 Å². The number of aromatic amines is 1. The number of hydrogen-bond acceptors (Lipinski definition) is 5. The predicted octanol–water partition coefficient (Wildman–Crippen LogP) is 6.21. The predicted molar refractivity (Wildman–Crippen MR) is 163 cm³/mol. The molecule has 220 valence electrons. The maximum atomic E-state index is 14.0. The van der Waals surface area contributed by atoms with Crippen molar-refractivity contribution in [3.63, 3.8) is 0 Å². The second-order valence-electron chi connectivity index (χ2n) is 11.4. The third-order valence-corrected chi connectivity index (χ3v) is 8.28. The quantitative estimate of drug-likeness (QED) is 0.200. The molecule has 3 N–H and O–H groups in total. The molecule has 0 saturated heterocycles. The molecule has 2 amide bonds. The van der Waals surface area contributed by atoms with Crippen LogP contribution in [0.5, 0.6) is 5.75 Å². The Labute approximate surface area is 247 Å². The van der Waals surface area contributed by atoms with Crippen LogP contribution in [0, 0.1) is 0 Å². The molecule has 1 aliphatic rings. The van der Waals surface area contributed by atoms with Gasteiger partial charge in [-0.05, 0) is 68.1 Å². The number of para-hydroxylation sites is 1. The molecule has 2 aromatic heterocycles. The largest absolute Gasteiger partial charge is 0.494 e. The first kappa shape index (κ1) is 29.2. The van der Waals surface area contributed by atoms with Gasteiger partial charge in [-0.1, -0.05) is 55.7 Å². The number of pyridine rings is 1. The van der Waals surface area contributed by atoms with Crippen LogP contribution in [0.2, 0.25) is 0 Å².